The van der Waals surface area contributed by atoms with Crippen LogP contribution in [0.15, 0.2) is 84.9 Å². The fourth-order valence-electron chi connectivity index (χ4n) is 5.49. The van der Waals surface area contributed by atoms with E-state index in [2.05, 4.69) is 5.32 Å². The molecule has 5 rings (SSSR count). The van der Waals surface area contributed by atoms with Gasteiger partial charge in [0, 0.05) is 25.8 Å². The van der Waals surface area contributed by atoms with E-state index in [0.29, 0.717) is 24.1 Å². The minimum Gasteiger partial charge on any atom is -0.480 e. The monoisotopic (exact) mass is 553 g/mol. The second kappa shape index (κ2) is 12.2. The van der Waals surface area contributed by atoms with E-state index < -0.39 is 29.9 Å². The largest absolute Gasteiger partial charge is 0.480 e. The summed E-state index contributed by atoms with van der Waals surface area (Å²) in [5.41, 5.74) is 2.92. The number of nitrogens with one attached hydrogen (secondary N) is 1. The number of carboxylic acid groups (broad SMARTS) is 1. The number of carboxylic acids is 1. The molecule has 0 spiro atoms. The molecule has 2 aliphatic rings. The highest BCUT2D eigenvalue weighted by Gasteiger charge is 2.40. The molecule has 2 fully saturated rings. The van der Waals surface area contributed by atoms with Crippen LogP contribution in [0.5, 0.6) is 0 Å². The summed E-state index contributed by atoms with van der Waals surface area (Å²) < 4.78 is 0. The van der Waals surface area contributed by atoms with E-state index in [1.165, 1.54) is 9.80 Å². The zero-order chi connectivity index (χ0) is 28.9. The Labute approximate surface area is 237 Å². The van der Waals surface area contributed by atoms with Crippen molar-refractivity contribution in [2.75, 3.05) is 4.90 Å². The van der Waals surface area contributed by atoms with Crippen molar-refractivity contribution in [3.05, 3.63) is 102 Å². The van der Waals surface area contributed by atoms with E-state index in [-0.39, 0.29) is 43.5 Å². The van der Waals surface area contributed by atoms with Gasteiger partial charge in [-0.15, -0.1) is 0 Å². The molecule has 2 heterocycles. The number of carbonyl (C=O) groups is 5. The number of hydrogen-bond acceptors (Lipinski definition) is 5. The van der Waals surface area contributed by atoms with Crippen molar-refractivity contribution in [1.82, 2.24) is 10.2 Å². The Bertz CT molecular complexity index is 1440. The van der Waals surface area contributed by atoms with Crippen molar-refractivity contribution in [1.29, 1.82) is 0 Å². The first kappa shape index (κ1) is 27.8. The highest BCUT2D eigenvalue weighted by molar-refractivity contribution is 6.21. The SMILES string of the molecule is O=C(O)[C@H](Cc1ccc(N2C(=O)CC(Cc3ccccc3)C2=O)cc1)NC(=O)[C@@H]1CCC(=O)N1Cc1ccccc1. The summed E-state index contributed by atoms with van der Waals surface area (Å²) in [5.74, 6) is -2.81. The van der Waals surface area contributed by atoms with E-state index in [4.69, 9.17) is 0 Å². The predicted molar refractivity (Wildman–Crippen MR) is 150 cm³/mol. The van der Waals surface area contributed by atoms with Crippen LogP contribution in [0.25, 0.3) is 0 Å². The van der Waals surface area contributed by atoms with Gasteiger partial charge in [-0.25, -0.2) is 4.79 Å². The summed E-state index contributed by atoms with van der Waals surface area (Å²) in [6.45, 7) is 0.275. The third-order valence-electron chi connectivity index (χ3n) is 7.64. The van der Waals surface area contributed by atoms with Crippen LogP contribution in [-0.4, -0.2) is 51.7 Å². The number of imide groups is 1. The minimum atomic E-state index is -1.21. The predicted octanol–water partition coefficient (Wildman–Crippen LogP) is 3.11. The number of carbonyl (C=O) groups excluding carboxylic acids is 4. The zero-order valence-corrected chi connectivity index (χ0v) is 22.4. The Morgan fingerprint density at radius 1 is 0.829 bits per heavy atom. The maximum absolute atomic E-state index is 13.1. The Morgan fingerprint density at radius 3 is 2.10 bits per heavy atom. The molecule has 210 valence electrons. The molecule has 41 heavy (non-hydrogen) atoms. The number of likely N-dealkylation sites (tertiary alicyclic amines) is 1. The molecule has 0 aliphatic carbocycles. The molecule has 0 saturated carbocycles. The standard InChI is InChI=1S/C32H31N3O6/c36-28-16-15-27(34(28)20-23-9-5-2-6-10-23)30(38)33-26(32(40)41)18-22-11-13-25(14-12-22)35-29(37)19-24(31(35)39)17-21-7-3-1-4-8-21/h1-14,24,26-27H,15-20H2,(H,33,38)(H,40,41)/t24?,26-,27-/m0/s1. The maximum Gasteiger partial charge on any atom is 0.326 e. The topological polar surface area (TPSA) is 124 Å². The molecule has 0 radical (unpaired) electrons. The van der Waals surface area contributed by atoms with Gasteiger partial charge >= 0.3 is 5.97 Å². The van der Waals surface area contributed by atoms with E-state index in [1.807, 2.05) is 60.7 Å². The average molecular weight is 554 g/mol. The molecule has 2 saturated heterocycles. The van der Waals surface area contributed by atoms with Gasteiger partial charge in [0.05, 0.1) is 11.6 Å². The summed E-state index contributed by atoms with van der Waals surface area (Å²) in [6.07, 6.45) is 1.16. The van der Waals surface area contributed by atoms with Crippen LogP contribution in [0.2, 0.25) is 0 Å². The first-order chi connectivity index (χ1) is 19.8. The van der Waals surface area contributed by atoms with Crippen LogP contribution >= 0.6 is 0 Å². The van der Waals surface area contributed by atoms with Crippen molar-refractivity contribution in [2.24, 2.45) is 5.92 Å². The average Bonchev–Trinajstić information content (AvgIpc) is 3.47. The second-order valence-electron chi connectivity index (χ2n) is 10.5. The van der Waals surface area contributed by atoms with Gasteiger partial charge < -0.3 is 15.3 Å². The van der Waals surface area contributed by atoms with Crippen molar-refractivity contribution >= 4 is 35.3 Å². The first-order valence-electron chi connectivity index (χ1n) is 13.7. The number of amides is 4. The van der Waals surface area contributed by atoms with Gasteiger partial charge in [-0.2, -0.15) is 0 Å². The van der Waals surface area contributed by atoms with E-state index in [1.54, 1.807) is 24.3 Å². The lowest BCUT2D eigenvalue weighted by Crippen LogP contribution is -2.50. The molecular weight excluding hydrogens is 522 g/mol. The van der Waals surface area contributed by atoms with Gasteiger partial charge in [0.1, 0.15) is 12.1 Å². The molecule has 9 nitrogen and oxygen atoms in total. The highest BCUT2D eigenvalue weighted by Crippen LogP contribution is 2.29. The molecule has 0 aromatic heterocycles. The highest BCUT2D eigenvalue weighted by atomic mass is 16.4. The van der Waals surface area contributed by atoms with Crippen molar-refractivity contribution in [3.63, 3.8) is 0 Å². The van der Waals surface area contributed by atoms with Crippen LogP contribution in [0, 0.1) is 5.92 Å². The van der Waals surface area contributed by atoms with Gasteiger partial charge in [0.25, 0.3) is 0 Å². The lowest BCUT2D eigenvalue weighted by Gasteiger charge is -2.26. The molecular formula is C32H31N3O6. The Kier molecular flexibility index (Phi) is 8.24. The van der Waals surface area contributed by atoms with Gasteiger partial charge in [0.15, 0.2) is 0 Å². The third-order valence-corrected chi connectivity index (χ3v) is 7.64. The van der Waals surface area contributed by atoms with E-state index >= 15 is 0 Å². The molecule has 2 aliphatic heterocycles. The molecule has 2 N–H and O–H groups in total. The van der Waals surface area contributed by atoms with Crippen molar-refractivity contribution in [3.8, 4) is 0 Å². The molecule has 3 aromatic carbocycles. The van der Waals surface area contributed by atoms with Crippen LogP contribution in [0.3, 0.4) is 0 Å². The fourth-order valence-corrected chi connectivity index (χ4v) is 5.49. The summed E-state index contributed by atoms with van der Waals surface area (Å²) in [5, 5.41) is 12.4. The van der Waals surface area contributed by atoms with Crippen LogP contribution < -0.4 is 10.2 Å². The van der Waals surface area contributed by atoms with Gasteiger partial charge in [0.2, 0.25) is 23.6 Å². The summed E-state index contributed by atoms with van der Waals surface area (Å²) >= 11 is 0. The lowest BCUT2D eigenvalue weighted by molar-refractivity contribution is -0.143. The first-order valence-corrected chi connectivity index (χ1v) is 13.7. The number of benzene rings is 3. The molecule has 9 heteroatoms. The Hall–Kier alpha value is -4.79. The number of aliphatic carboxylic acids is 1. The quantitative estimate of drug-likeness (QED) is 0.372. The smallest absolute Gasteiger partial charge is 0.326 e. The van der Waals surface area contributed by atoms with Crippen LogP contribution in [0.4, 0.5) is 5.69 Å². The minimum absolute atomic E-state index is 0.000764. The summed E-state index contributed by atoms with van der Waals surface area (Å²) in [6, 6.07) is 23.5. The number of rotatable bonds is 10. The normalized spacial score (nSPS) is 19.5. The molecule has 1 unspecified atom stereocenters. The molecule has 4 amide bonds. The number of hydrogen-bond donors (Lipinski definition) is 2. The van der Waals surface area contributed by atoms with Crippen LogP contribution in [0.1, 0.15) is 36.0 Å². The van der Waals surface area contributed by atoms with Gasteiger partial charge in [-0.1, -0.05) is 72.8 Å². The van der Waals surface area contributed by atoms with Gasteiger partial charge in [-0.3, -0.25) is 24.1 Å². The van der Waals surface area contributed by atoms with E-state index in [9.17, 15) is 29.1 Å². The third kappa shape index (κ3) is 6.35. The molecule has 3 atom stereocenters. The maximum atomic E-state index is 13.1. The number of nitrogens with zero attached hydrogens (tertiary/aromatic N) is 2. The Morgan fingerprint density at radius 2 is 1.46 bits per heavy atom. The fraction of sp³-hybridized carbons (Fsp3) is 0.281. The Balaban J connectivity index is 1.22. The van der Waals surface area contributed by atoms with Crippen molar-refractivity contribution < 1.29 is 29.1 Å². The van der Waals surface area contributed by atoms with E-state index in [0.717, 1.165) is 11.1 Å². The lowest BCUT2D eigenvalue weighted by atomic mass is 9.98. The van der Waals surface area contributed by atoms with Gasteiger partial charge in [-0.05, 0) is 41.7 Å². The van der Waals surface area contributed by atoms with Crippen molar-refractivity contribution in [2.45, 2.75) is 50.7 Å². The summed E-state index contributed by atoms with van der Waals surface area (Å²) in [4.78, 5) is 66.1. The second-order valence-corrected chi connectivity index (χ2v) is 10.5. The number of anilines is 1. The summed E-state index contributed by atoms with van der Waals surface area (Å²) in [7, 11) is 0. The van der Waals surface area contributed by atoms with Crippen LogP contribution in [-0.2, 0) is 43.4 Å². The molecule has 3 aromatic rings. The molecule has 0 bridgehead atoms. The zero-order valence-electron chi connectivity index (χ0n) is 22.4.